The summed E-state index contributed by atoms with van der Waals surface area (Å²) in [5.74, 6) is 0.544. The van der Waals surface area contributed by atoms with E-state index in [2.05, 4.69) is 12.2 Å². The highest BCUT2D eigenvalue weighted by atomic mass is 32.2. The topological polar surface area (TPSA) is 82.4 Å². The molecule has 170 valence electrons. The van der Waals surface area contributed by atoms with E-state index in [1.807, 2.05) is 19.1 Å². The summed E-state index contributed by atoms with van der Waals surface area (Å²) < 4.78 is 12.8. The summed E-state index contributed by atoms with van der Waals surface area (Å²) in [5, 5.41) is 4.13. The lowest BCUT2D eigenvalue weighted by molar-refractivity contribution is -0.113. The van der Waals surface area contributed by atoms with Crippen LogP contribution in [0.1, 0.15) is 30.2 Å². The van der Waals surface area contributed by atoms with E-state index in [9.17, 15) is 9.59 Å². The maximum Gasteiger partial charge on any atom is 0.263 e. The van der Waals surface area contributed by atoms with Crippen LogP contribution in [0.4, 0.5) is 5.69 Å². The molecule has 32 heavy (non-hydrogen) atoms. The fourth-order valence-electron chi connectivity index (χ4n) is 3.98. The van der Waals surface area contributed by atoms with Crippen LogP contribution in [0, 0.1) is 6.92 Å². The largest absolute Gasteiger partial charge is 0.495 e. The molecule has 1 amide bonds. The molecule has 2 aromatic heterocycles. The number of hydrogen-bond donors (Lipinski definition) is 1. The number of hydrogen-bond acceptors (Lipinski definition) is 7. The van der Waals surface area contributed by atoms with Crippen LogP contribution in [-0.2, 0) is 22.5 Å². The summed E-state index contributed by atoms with van der Waals surface area (Å²) in [6.07, 6.45) is 2.71. The summed E-state index contributed by atoms with van der Waals surface area (Å²) in [6, 6.07) is 7.27. The average Bonchev–Trinajstić information content (AvgIpc) is 3.41. The maximum absolute atomic E-state index is 13.5. The minimum atomic E-state index is -0.186. The number of fused-ring (bicyclic) bond motifs is 1. The Labute approximate surface area is 195 Å². The average molecular weight is 474 g/mol. The number of benzene rings is 1. The second kappa shape index (κ2) is 10.1. The number of carbonyl (C=O) groups is 1. The third-order valence-corrected chi connectivity index (χ3v) is 7.57. The smallest absolute Gasteiger partial charge is 0.263 e. The van der Waals surface area contributed by atoms with Crippen LogP contribution in [0.15, 0.2) is 34.2 Å². The number of nitrogens with zero attached hydrogens (tertiary/aromatic N) is 2. The molecule has 0 spiro atoms. The van der Waals surface area contributed by atoms with Crippen LogP contribution < -0.4 is 15.6 Å². The number of rotatable bonds is 8. The van der Waals surface area contributed by atoms with Gasteiger partial charge in [-0.3, -0.25) is 14.2 Å². The zero-order chi connectivity index (χ0) is 22.7. The predicted octanol–water partition coefficient (Wildman–Crippen LogP) is 4.25. The molecule has 1 aromatic carbocycles. The molecular weight excluding hydrogens is 446 g/mol. The van der Waals surface area contributed by atoms with Gasteiger partial charge in [-0.1, -0.05) is 30.8 Å². The number of thioether (sulfide) groups is 1. The number of ether oxygens (including phenoxy) is 2. The molecule has 1 fully saturated rings. The van der Waals surface area contributed by atoms with Crippen LogP contribution in [0.25, 0.3) is 10.2 Å². The van der Waals surface area contributed by atoms with Crippen LogP contribution in [0.2, 0.25) is 0 Å². The van der Waals surface area contributed by atoms with E-state index in [0.29, 0.717) is 28.5 Å². The Balaban J connectivity index is 1.61. The standard InChI is InChI=1S/C23H27N3O4S2/c1-4-16-14(2)32-21-20(16)22(28)26(12-15-8-7-11-30-15)23(25-21)31-13-19(27)24-17-9-5-6-10-18(17)29-3/h5-6,9-10,15H,4,7-8,11-13H2,1-3H3,(H,24,27). The normalized spacial score (nSPS) is 15.9. The molecule has 1 aliphatic heterocycles. The molecule has 0 bridgehead atoms. The first kappa shape index (κ1) is 22.8. The molecule has 1 atom stereocenters. The molecule has 1 saturated heterocycles. The Morgan fingerprint density at radius 1 is 1.41 bits per heavy atom. The number of anilines is 1. The van der Waals surface area contributed by atoms with Crippen molar-refractivity contribution in [2.75, 3.05) is 24.8 Å². The molecular formula is C23H27N3O4S2. The van der Waals surface area contributed by atoms with E-state index in [1.54, 1.807) is 23.8 Å². The summed E-state index contributed by atoms with van der Waals surface area (Å²) in [4.78, 5) is 32.8. The minimum absolute atomic E-state index is 0.00137. The number of thiophene rings is 1. The number of aromatic nitrogens is 2. The van der Waals surface area contributed by atoms with Gasteiger partial charge in [0.1, 0.15) is 10.6 Å². The van der Waals surface area contributed by atoms with E-state index in [0.717, 1.165) is 41.1 Å². The fraction of sp³-hybridized carbons (Fsp3) is 0.435. The van der Waals surface area contributed by atoms with Crippen molar-refractivity contribution < 1.29 is 14.3 Å². The Morgan fingerprint density at radius 2 is 2.22 bits per heavy atom. The first-order chi connectivity index (χ1) is 15.5. The minimum Gasteiger partial charge on any atom is -0.495 e. The lowest BCUT2D eigenvalue weighted by Crippen LogP contribution is -2.29. The van der Waals surface area contributed by atoms with Crippen LogP contribution in [-0.4, -0.2) is 41.0 Å². The van der Waals surface area contributed by atoms with Gasteiger partial charge in [-0.05, 0) is 43.9 Å². The molecule has 3 aromatic rings. The van der Waals surface area contributed by atoms with Crippen molar-refractivity contribution in [3.05, 3.63) is 45.1 Å². The number of amides is 1. The van der Waals surface area contributed by atoms with Crippen molar-refractivity contribution in [1.29, 1.82) is 0 Å². The van der Waals surface area contributed by atoms with E-state index in [1.165, 1.54) is 23.1 Å². The SMILES string of the molecule is CCc1c(C)sc2nc(SCC(=O)Nc3ccccc3OC)n(CC3CCCO3)c(=O)c12. The second-order valence-electron chi connectivity index (χ2n) is 7.65. The van der Waals surface area contributed by atoms with Crippen LogP contribution in [0.5, 0.6) is 5.75 Å². The van der Waals surface area contributed by atoms with Gasteiger partial charge in [-0.15, -0.1) is 11.3 Å². The molecule has 3 heterocycles. The summed E-state index contributed by atoms with van der Waals surface area (Å²) in [5.41, 5.74) is 1.63. The lowest BCUT2D eigenvalue weighted by Gasteiger charge is -2.16. The Kier molecular flexibility index (Phi) is 7.17. The second-order valence-corrected chi connectivity index (χ2v) is 9.80. The van der Waals surface area contributed by atoms with Gasteiger partial charge in [0.2, 0.25) is 5.91 Å². The van der Waals surface area contributed by atoms with Gasteiger partial charge in [-0.25, -0.2) is 4.98 Å². The highest BCUT2D eigenvalue weighted by Gasteiger charge is 2.23. The lowest BCUT2D eigenvalue weighted by atomic mass is 10.1. The first-order valence-corrected chi connectivity index (χ1v) is 12.5. The molecule has 1 N–H and O–H groups in total. The van der Waals surface area contributed by atoms with Gasteiger partial charge in [0.15, 0.2) is 5.16 Å². The highest BCUT2D eigenvalue weighted by Crippen LogP contribution is 2.30. The fourth-order valence-corrected chi connectivity index (χ4v) is 5.95. The number of para-hydroxylation sites is 2. The molecule has 0 saturated carbocycles. The van der Waals surface area contributed by atoms with Gasteiger partial charge in [0.05, 0.1) is 36.6 Å². The number of carbonyl (C=O) groups excluding carboxylic acids is 1. The van der Waals surface area contributed by atoms with Crippen molar-refractivity contribution in [2.45, 2.75) is 50.9 Å². The van der Waals surface area contributed by atoms with E-state index >= 15 is 0 Å². The Hall–Kier alpha value is -2.36. The quantitative estimate of drug-likeness (QED) is 0.389. The molecule has 1 aliphatic rings. The molecule has 4 rings (SSSR count). The van der Waals surface area contributed by atoms with Crippen molar-refractivity contribution in [1.82, 2.24) is 9.55 Å². The zero-order valence-corrected chi connectivity index (χ0v) is 20.1. The van der Waals surface area contributed by atoms with Crippen molar-refractivity contribution in [3.63, 3.8) is 0 Å². The van der Waals surface area contributed by atoms with Gasteiger partial charge >= 0.3 is 0 Å². The molecule has 1 unspecified atom stereocenters. The van der Waals surface area contributed by atoms with Gasteiger partial charge < -0.3 is 14.8 Å². The van der Waals surface area contributed by atoms with E-state index < -0.39 is 0 Å². The van der Waals surface area contributed by atoms with E-state index in [4.69, 9.17) is 14.5 Å². The van der Waals surface area contributed by atoms with Crippen molar-refractivity contribution in [2.24, 2.45) is 0 Å². The number of methoxy groups -OCH3 is 1. The molecule has 0 radical (unpaired) electrons. The number of aryl methyl sites for hydroxylation is 2. The summed E-state index contributed by atoms with van der Waals surface area (Å²) in [6.45, 7) is 5.26. The van der Waals surface area contributed by atoms with Gasteiger partial charge in [0.25, 0.3) is 5.56 Å². The Bertz CT molecular complexity index is 1180. The van der Waals surface area contributed by atoms with Crippen molar-refractivity contribution >= 4 is 44.9 Å². The van der Waals surface area contributed by atoms with Crippen molar-refractivity contribution in [3.8, 4) is 5.75 Å². The summed E-state index contributed by atoms with van der Waals surface area (Å²) >= 11 is 2.81. The third-order valence-electron chi connectivity index (χ3n) is 5.55. The Morgan fingerprint density at radius 3 is 2.94 bits per heavy atom. The number of nitrogens with one attached hydrogen (secondary N) is 1. The van der Waals surface area contributed by atoms with Crippen LogP contribution >= 0.6 is 23.1 Å². The van der Waals surface area contributed by atoms with Gasteiger partial charge in [0, 0.05) is 11.5 Å². The van der Waals surface area contributed by atoms with E-state index in [-0.39, 0.29) is 23.3 Å². The molecule has 7 nitrogen and oxygen atoms in total. The maximum atomic E-state index is 13.5. The molecule has 0 aliphatic carbocycles. The third kappa shape index (κ3) is 4.69. The van der Waals surface area contributed by atoms with Crippen LogP contribution in [0.3, 0.4) is 0 Å². The highest BCUT2D eigenvalue weighted by molar-refractivity contribution is 7.99. The summed E-state index contributed by atoms with van der Waals surface area (Å²) in [7, 11) is 1.57. The zero-order valence-electron chi connectivity index (χ0n) is 18.5. The molecule has 9 heteroatoms. The predicted molar refractivity (Wildman–Crippen MR) is 129 cm³/mol. The van der Waals surface area contributed by atoms with Gasteiger partial charge in [-0.2, -0.15) is 0 Å². The monoisotopic (exact) mass is 473 g/mol. The first-order valence-electron chi connectivity index (χ1n) is 10.7.